The fraction of sp³-hybridized carbons (Fsp3) is 0.0909. The maximum Gasteiger partial charge on any atom is 0.129 e. The predicted molar refractivity (Wildman–Crippen MR) is 65.5 cm³/mol. The SMILES string of the molecule is CNc1ccncn1.Nc1cc2ccc1[nH]2. The van der Waals surface area contributed by atoms with E-state index in [4.69, 9.17) is 5.73 Å². The average Bonchev–Trinajstić information content (AvgIpc) is 2.92. The fourth-order valence-electron chi connectivity index (χ4n) is 1.35. The van der Waals surface area contributed by atoms with Crippen molar-refractivity contribution in [1.29, 1.82) is 0 Å². The molecule has 2 bridgehead atoms. The van der Waals surface area contributed by atoms with Gasteiger partial charge in [0.25, 0.3) is 0 Å². The van der Waals surface area contributed by atoms with E-state index in [1.54, 1.807) is 12.3 Å². The quantitative estimate of drug-likeness (QED) is 0.540. The molecule has 3 heterocycles. The first kappa shape index (κ1) is 10.2. The van der Waals surface area contributed by atoms with Crippen LogP contribution in [0.2, 0.25) is 0 Å². The van der Waals surface area contributed by atoms with Gasteiger partial charge in [0.2, 0.25) is 0 Å². The number of benzene rings is 1. The first-order valence-electron chi connectivity index (χ1n) is 4.90. The van der Waals surface area contributed by atoms with Crippen molar-refractivity contribution in [2.75, 3.05) is 18.1 Å². The number of fused-ring (bicyclic) bond motifs is 2. The summed E-state index contributed by atoms with van der Waals surface area (Å²) >= 11 is 0. The summed E-state index contributed by atoms with van der Waals surface area (Å²) in [7, 11) is 1.82. The molecule has 0 fully saturated rings. The van der Waals surface area contributed by atoms with Gasteiger partial charge < -0.3 is 16.0 Å². The van der Waals surface area contributed by atoms with Crippen molar-refractivity contribution in [2.24, 2.45) is 0 Å². The van der Waals surface area contributed by atoms with E-state index >= 15 is 0 Å². The van der Waals surface area contributed by atoms with E-state index in [1.165, 1.54) is 6.33 Å². The highest BCUT2D eigenvalue weighted by Gasteiger charge is 1.96. The van der Waals surface area contributed by atoms with Gasteiger partial charge in [-0.3, -0.25) is 0 Å². The van der Waals surface area contributed by atoms with Crippen LogP contribution in [-0.4, -0.2) is 22.0 Å². The third kappa shape index (κ3) is 2.20. The Hall–Kier alpha value is -2.30. The van der Waals surface area contributed by atoms with Gasteiger partial charge in [-0.1, -0.05) is 0 Å². The number of nitrogens with zero attached hydrogens (tertiary/aromatic N) is 2. The molecule has 3 rings (SSSR count). The summed E-state index contributed by atoms with van der Waals surface area (Å²) in [5.41, 5.74) is 8.51. The molecule has 0 aliphatic carbocycles. The van der Waals surface area contributed by atoms with Crippen LogP contribution in [0.5, 0.6) is 0 Å². The number of anilines is 2. The summed E-state index contributed by atoms with van der Waals surface area (Å²) in [6.45, 7) is 0. The largest absolute Gasteiger partial charge is 0.397 e. The lowest BCUT2D eigenvalue weighted by molar-refractivity contribution is 1.16. The Morgan fingerprint density at radius 1 is 1.31 bits per heavy atom. The summed E-state index contributed by atoms with van der Waals surface area (Å²) in [5.74, 6) is 0.847. The number of nitrogens with two attached hydrogens (primary N) is 1. The van der Waals surface area contributed by atoms with E-state index in [2.05, 4.69) is 20.3 Å². The molecule has 0 radical (unpaired) electrons. The van der Waals surface area contributed by atoms with Crippen LogP contribution in [0.1, 0.15) is 0 Å². The van der Waals surface area contributed by atoms with E-state index in [0.717, 1.165) is 22.5 Å². The summed E-state index contributed by atoms with van der Waals surface area (Å²) in [4.78, 5) is 10.7. The number of H-pyrrole nitrogens is 1. The minimum atomic E-state index is 0.847. The molecule has 0 amide bonds. The number of nitrogen functional groups attached to an aromatic ring is 1. The minimum absolute atomic E-state index is 0.847. The third-order valence-corrected chi connectivity index (χ3v) is 2.17. The molecule has 3 aromatic rings. The van der Waals surface area contributed by atoms with E-state index in [-0.39, 0.29) is 0 Å². The second-order valence-electron chi connectivity index (χ2n) is 3.27. The number of aromatic amines is 1. The smallest absolute Gasteiger partial charge is 0.129 e. The summed E-state index contributed by atoms with van der Waals surface area (Å²) in [6.07, 6.45) is 3.20. The molecule has 4 N–H and O–H groups in total. The lowest BCUT2D eigenvalue weighted by Crippen LogP contribution is -1.90. The van der Waals surface area contributed by atoms with Gasteiger partial charge in [0.15, 0.2) is 0 Å². The van der Waals surface area contributed by atoms with E-state index in [0.29, 0.717) is 0 Å². The molecule has 0 unspecified atom stereocenters. The van der Waals surface area contributed by atoms with Crippen LogP contribution in [0.4, 0.5) is 11.5 Å². The third-order valence-electron chi connectivity index (χ3n) is 2.17. The van der Waals surface area contributed by atoms with Gasteiger partial charge in [-0.15, -0.1) is 0 Å². The van der Waals surface area contributed by atoms with E-state index in [9.17, 15) is 0 Å². The molecule has 0 atom stereocenters. The van der Waals surface area contributed by atoms with Gasteiger partial charge >= 0.3 is 0 Å². The number of hydrogen-bond donors (Lipinski definition) is 3. The molecule has 82 valence electrons. The van der Waals surface area contributed by atoms with Crippen molar-refractivity contribution >= 4 is 22.5 Å². The molecular weight excluding hydrogens is 202 g/mol. The Morgan fingerprint density at radius 2 is 2.19 bits per heavy atom. The molecule has 0 aromatic carbocycles. The lowest BCUT2D eigenvalue weighted by atomic mass is 10.3. The van der Waals surface area contributed by atoms with Gasteiger partial charge in [-0.05, 0) is 24.3 Å². The van der Waals surface area contributed by atoms with Crippen LogP contribution >= 0.6 is 0 Å². The van der Waals surface area contributed by atoms with Crippen molar-refractivity contribution in [3.8, 4) is 0 Å². The predicted octanol–water partition coefficient (Wildman–Crippen LogP) is 1.71. The highest BCUT2D eigenvalue weighted by atomic mass is 15.0. The Bertz CT molecular complexity index is 531. The van der Waals surface area contributed by atoms with Gasteiger partial charge in [0.05, 0.1) is 11.2 Å². The summed E-state index contributed by atoms with van der Waals surface area (Å²) in [6, 6.07) is 7.71. The van der Waals surface area contributed by atoms with E-state index < -0.39 is 0 Å². The van der Waals surface area contributed by atoms with Gasteiger partial charge in [0.1, 0.15) is 12.1 Å². The Balaban J connectivity index is 0.000000120. The molecule has 0 aliphatic heterocycles. The van der Waals surface area contributed by atoms with Crippen LogP contribution in [0.25, 0.3) is 11.0 Å². The first-order valence-corrected chi connectivity index (χ1v) is 4.90. The average molecular weight is 215 g/mol. The number of hydrogen-bond acceptors (Lipinski definition) is 4. The van der Waals surface area contributed by atoms with Crippen LogP contribution in [0, 0.1) is 0 Å². The van der Waals surface area contributed by atoms with Crippen molar-refractivity contribution in [1.82, 2.24) is 15.0 Å². The Morgan fingerprint density at radius 3 is 2.50 bits per heavy atom. The van der Waals surface area contributed by atoms with Crippen molar-refractivity contribution in [3.05, 3.63) is 36.8 Å². The Kier molecular flexibility index (Phi) is 2.86. The molecule has 0 saturated carbocycles. The van der Waals surface area contributed by atoms with Gasteiger partial charge in [-0.2, -0.15) is 0 Å². The molecule has 0 saturated heterocycles. The molecule has 5 nitrogen and oxygen atoms in total. The number of rotatable bonds is 1. The minimum Gasteiger partial charge on any atom is -0.397 e. The molecule has 16 heavy (non-hydrogen) atoms. The van der Waals surface area contributed by atoms with Crippen LogP contribution in [-0.2, 0) is 0 Å². The first-order chi connectivity index (χ1) is 7.79. The maximum atomic E-state index is 5.51. The molecule has 3 aromatic heterocycles. The zero-order valence-corrected chi connectivity index (χ0v) is 8.94. The number of nitrogens with one attached hydrogen (secondary N) is 2. The Labute approximate surface area is 93.1 Å². The second-order valence-corrected chi connectivity index (χ2v) is 3.27. The monoisotopic (exact) mass is 215 g/mol. The van der Waals surface area contributed by atoms with Crippen molar-refractivity contribution in [3.63, 3.8) is 0 Å². The van der Waals surface area contributed by atoms with Crippen molar-refractivity contribution < 1.29 is 0 Å². The molecule has 0 aliphatic rings. The molecular formula is C11H13N5. The maximum absolute atomic E-state index is 5.51. The topological polar surface area (TPSA) is 79.6 Å². The van der Waals surface area contributed by atoms with E-state index in [1.807, 2.05) is 25.2 Å². The van der Waals surface area contributed by atoms with Gasteiger partial charge in [0, 0.05) is 18.8 Å². The zero-order chi connectivity index (χ0) is 11.4. The summed E-state index contributed by atoms with van der Waals surface area (Å²) in [5, 5.41) is 2.88. The summed E-state index contributed by atoms with van der Waals surface area (Å²) < 4.78 is 0. The molecule has 5 heteroatoms. The highest BCUT2D eigenvalue weighted by Crippen LogP contribution is 2.18. The van der Waals surface area contributed by atoms with Crippen molar-refractivity contribution in [2.45, 2.75) is 0 Å². The van der Waals surface area contributed by atoms with Crippen LogP contribution in [0.3, 0.4) is 0 Å². The van der Waals surface area contributed by atoms with Gasteiger partial charge in [-0.25, -0.2) is 9.97 Å². The second kappa shape index (κ2) is 4.48. The fourth-order valence-corrected chi connectivity index (χ4v) is 1.35. The standard InChI is InChI=1S/C6H6N2.C5H7N3/c7-5-3-4-1-2-6(5)8-4;1-6-5-2-3-7-4-8-5/h1-3,8H,7H2;2-4H,1H3,(H,6,7,8). The van der Waals surface area contributed by atoms with Crippen LogP contribution in [0.15, 0.2) is 36.8 Å². The number of aromatic nitrogens is 3. The highest BCUT2D eigenvalue weighted by molar-refractivity contribution is 5.81. The normalized spacial score (nSPS) is 9.81. The zero-order valence-electron chi connectivity index (χ0n) is 8.94. The van der Waals surface area contributed by atoms with Crippen LogP contribution < -0.4 is 11.1 Å². The lowest BCUT2D eigenvalue weighted by Gasteiger charge is -1.92. The molecule has 0 spiro atoms.